The van der Waals surface area contributed by atoms with Crippen LogP contribution < -0.4 is 4.90 Å². The van der Waals surface area contributed by atoms with E-state index in [0.717, 1.165) is 12.2 Å². The van der Waals surface area contributed by atoms with Gasteiger partial charge in [0.25, 0.3) is 0 Å². The van der Waals surface area contributed by atoms with Crippen LogP contribution in [0.15, 0.2) is 24.4 Å². The summed E-state index contributed by atoms with van der Waals surface area (Å²) in [7, 11) is 0. The number of rotatable bonds is 3. The fraction of sp³-hybridized carbons (Fsp3) is 0.538. The minimum absolute atomic E-state index is 0.119. The van der Waals surface area contributed by atoms with Crippen molar-refractivity contribution >= 4 is 11.7 Å². The van der Waals surface area contributed by atoms with Gasteiger partial charge in [-0.05, 0) is 18.6 Å². The van der Waals surface area contributed by atoms with Gasteiger partial charge in [-0.1, -0.05) is 33.8 Å². The van der Waals surface area contributed by atoms with Crippen LogP contribution in [0.25, 0.3) is 0 Å². The van der Waals surface area contributed by atoms with E-state index >= 15 is 0 Å². The molecule has 0 saturated carbocycles. The molecule has 0 unspecified atom stereocenters. The molecule has 1 amide bonds. The maximum atomic E-state index is 12.2. The maximum Gasteiger partial charge on any atom is 0.233 e. The number of amides is 1. The first-order valence-electron chi connectivity index (χ1n) is 5.70. The largest absolute Gasteiger partial charge is 0.296 e. The van der Waals surface area contributed by atoms with Crippen molar-refractivity contribution in [3.05, 3.63) is 24.4 Å². The number of nitrogens with zero attached hydrogens (tertiary/aromatic N) is 2. The molecule has 0 aliphatic rings. The van der Waals surface area contributed by atoms with Crippen molar-refractivity contribution in [2.45, 2.75) is 34.1 Å². The van der Waals surface area contributed by atoms with Gasteiger partial charge in [0.15, 0.2) is 0 Å². The second-order valence-corrected chi connectivity index (χ2v) is 4.89. The fourth-order valence-electron chi connectivity index (χ4n) is 1.46. The van der Waals surface area contributed by atoms with E-state index < -0.39 is 0 Å². The lowest BCUT2D eigenvalue weighted by molar-refractivity contribution is -0.125. The normalized spacial score (nSPS) is 11.2. The number of anilines is 1. The lowest BCUT2D eigenvalue weighted by atomic mass is 9.94. The van der Waals surface area contributed by atoms with E-state index in [-0.39, 0.29) is 11.3 Å². The minimum Gasteiger partial charge on any atom is -0.296 e. The molecule has 0 spiro atoms. The average molecular weight is 220 g/mol. The molecule has 1 aromatic heterocycles. The van der Waals surface area contributed by atoms with Crippen molar-refractivity contribution in [1.82, 2.24) is 4.98 Å². The topological polar surface area (TPSA) is 33.2 Å². The van der Waals surface area contributed by atoms with Gasteiger partial charge in [-0.25, -0.2) is 4.98 Å². The molecule has 1 aromatic rings. The molecule has 88 valence electrons. The Morgan fingerprint density at radius 3 is 2.50 bits per heavy atom. The molecule has 0 aromatic carbocycles. The van der Waals surface area contributed by atoms with Crippen molar-refractivity contribution in [3.8, 4) is 0 Å². The third-order valence-corrected chi connectivity index (χ3v) is 2.26. The van der Waals surface area contributed by atoms with Crippen LogP contribution in [0, 0.1) is 5.41 Å². The maximum absolute atomic E-state index is 12.2. The Labute approximate surface area is 97.5 Å². The van der Waals surface area contributed by atoms with E-state index in [1.165, 1.54) is 0 Å². The highest BCUT2D eigenvalue weighted by Gasteiger charge is 2.28. The molecule has 0 bridgehead atoms. The van der Waals surface area contributed by atoms with E-state index in [4.69, 9.17) is 0 Å². The van der Waals surface area contributed by atoms with Gasteiger partial charge in [0, 0.05) is 18.2 Å². The highest BCUT2D eigenvalue weighted by atomic mass is 16.2. The molecule has 3 heteroatoms. The van der Waals surface area contributed by atoms with Crippen molar-refractivity contribution in [1.29, 1.82) is 0 Å². The molecule has 0 atom stereocenters. The lowest BCUT2D eigenvalue weighted by Crippen LogP contribution is -2.40. The standard InChI is InChI=1S/C13H20N2O/c1-5-10-15(12(16)13(2,3)4)11-8-6-7-9-14-11/h6-9H,5,10H2,1-4H3. The van der Waals surface area contributed by atoms with Crippen molar-refractivity contribution in [3.63, 3.8) is 0 Å². The summed E-state index contributed by atoms with van der Waals surface area (Å²) in [5, 5.41) is 0. The van der Waals surface area contributed by atoms with Gasteiger partial charge in [-0.2, -0.15) is 0 Å². The number of carbonyl (C=O) groups is 1. The van der Waals surface area contributed by atoms with Gasteiger partial charge >= 0.3 is 0 Å². The second kappa shape index (κ2) is 5.10. The minimum atomic E-state index is -0.368. The molecule has 0 radical (unpaired) electrons. The third kappa shape index (κ3) is 3.05. The molecule has 0 aliphatic carbocycles. The first-order chi connectivity index (χ1) is 7.46. The summed E-state index contributed by atoms with van der Waals surface area (Å²) >= 11 is 0. The van der Waals surface area contributed by atoms with E-state index in [9.17, 15) is 4.79 Å². The Balaban J connectivity index is 2.97. The summed E-state index contributed by atoms with van der Waals surface area (Å²) < 4.78 is 0. The van der Waals surface area contributed by atoms with Crippen LogP contribution in [-0.4, -0.2) is 17.4 Å². The van der Waals surface area contributed by atoms with Gasteiger partial charge in [0.05, 0.1) is 0 Å². The molecule has 16 heavy (non-hydrogen) atoms. The van der Waals surface area contributed by atoms with Crippen molar-refractivity contribution in [2.24, 2.45) is 5.41 Å². The van der Waals surface area contributed by atoms with Gasteiger partial charge in [0.1, 0.15) is 5.82 Å². The summed E-state index contributed by atoms with van der Waals surface area (Å²) in [6.07, 6.45) is 2.65. The Morgan fingerprint density at radius 2 is 2.06 bits per heavy atom. The second-order valence-electron chi connectivity index (χ2n) is 4.89. The number of pyridine rings is 1. The Hall–Kier alpha value is -1.38. The number of aromatic nitrogens is 1. The fourth-order valence-corrected chi connectivity index (χ4v) is 1.46. The van der Waals surface area contributed by atoms with Crippen LogP contribution in [0.1, 0.15) is 34.1 Å². The van der Waals surface area contributed by atoms with Gasteiger partial charge in [0.2, 0.25) is 5.91 Å². The quantitative estimate of drug-likeness (QED) is 0.784. The SMILES string of the molecule is CCCN(C(=O)C(C)(C)C)c1ccccn1. The number of hydrogen-bond donors (Lipinski definition) is 0. The highest BCUT2D eigenvalue weighted by Crippen LogP contribution is 2.21. The first-order valence-corrected chi connectivity index (χ1v) is 5.70. The number of carbonyl (C=O) groups excluding carboxylic acids is 1. The van der Waals surface area contributed by atoms with E-state index in [0.29, 0.717) is 6.54 Å². The van der Waals surface area contributed by atoms with Crippen LogP contribution >= 0.6 is 0 Å². The van der Waals surface area contributed by atoms with Crippen molar-refractivity contribution < 1.29 is 4.79 Å². The zero-order chi connectivity index (χ0) is 12.2. The monoisotopic (exact) mass is 220 g/mol. The predicted octanol–water partition coefficient (Wildman–Crippen LogP) is 2.87. The van der Waals surface area contributed by atoms with Gasteiger partial charge < -0.3 is 0 Å². The molecule has 0 N–H and O–H groups in total. The zero-order valence-electron chi connectivity index (χ0n) is 10.5. The van der Waals surface area contributed by atoms with Crippen LogP contribution in [0.2, 0.25) is 0 Å². The molecular formula is C13H20N2O. The summed E-state index contributed by atoms with van der Waals surface area (Å²) in [6, 6.07) is 5.63. The molecule has 0 fully saturated rings. The van der Waals surface area contributed by atoms with E-state index in [2.05, 4.69) is 11.9 Å². The molecule has 3 nitrogen and oxygen atoms in total. The summed E-state index contributed by atoms with van der Waals surface area (Å²) in [4.78, 5) is 18.2. The average Bonchev–Trinajstić information content (AvgIpc) is 2.25. The van der Waals surface area contributed by atoms with Crippen LogP contribution in [0.3, 0.4) is 0 Å². The predicted molar refractivity (Wildman–Crippen MR) is 66.3 cm³/mol. The first kappa shape index (κ1) is 12.7. The van der Waals surface area contributed by atoms with Crippen LogP contribution in [-0.2, 0) is 4.79 Å². The lowest BCUT2D eigenvalue weighted by Gasteiger charge is -2.28. The molecule has 0 saturated heterocycles. The Kier molecular flexibility index (Phi) is 4.05. The highest BCUT2D eigenvalue weighted by molar-refractivity contribution is 5.96. The smallest absolute Gasteiger partial charge is 0.233 e. The van der Waals surface area contributed by atoms with E-state index in [1.54, 1.807) is 11.1 Å². The van der Waals surface area contributed by atoms with Crippen molar-refractivity contribution in [2.75, 3.05) is 11.4 Å². The van der Waals surface area contributed by atoms with Gasteiger partial charge in [-0.15, -0.1) is 0 Å². The van der Waals surface area contributed by atoms with Crippen LogP contribution in [0.5, 0.6) is 0 Å². The molecule has 0 aliphatic heterocycles. The number of hydrogen-bond acceptors (Lipinski definition) is 2. The zero-order valence-corrected chi connectivity index (χ0v) is 10.5. The third-order valence-electron chi connectivity index (χ3n) is 2.26. The molecule has 1 heterocycles. The summed E-state index contributed by atoms with van der Waals surface area (Å²) in [5.74, 6) is 0.859. The summed E-state index contributed by atoms with van der Waals surface area (Å²) in [6.45, 7) is 8.57. The Bertz CT molecular complexity index is 341. The summed E-state index contributed by atoms with van der Waals surface area (Å²) in [5.41, 5.74) is -0.368. The van der Waals surface area contributed by atoms with E-state index in [1.807, 2.05) is 39.0 Å². The molecule has 1 rings (SSSR count). The molecular weight excluding hydrogens is 200 g/mol. The van der Waals surface area contributed by atoms with Gasteiger partial charge in [-0.3, -0.25) is 9.69 Å². The van der Waals surface area contributed by atoms with Crippen LogP contribution in [0.4, 0.5) is 5.82 Å². The Morgan fingerprint density at radius 1 is 1.38 bits per heavy atom.